The van der Waals surface area contributed by atoms with E-state index in [9.17, 15) is 9.59 Å². The average molecular weight is 254 g/mol. The fraction of sp³-hybridized carbons (Fsp3) is 0.0714. The van der Waals surface area contributed by atoms with Crippen LogP contribution in [0.5, 0.6) is 0 Å². The third-order valence-electron chi connectivity index (χ3n) is 2.67. The molecule has 0 aliphatic heterocycles. The van der Waals surface area contributed by atoms with Gasteiger partial charge >= 0.3 is 5.97 Å². The highest BCUT2D eigenvalue weighted by Crippen LogP contribution is 2.20. The standard InChI is InChI=1S/C14H10N2O3/c15-8-12-11(10-4-2-1-3-5-10)6-7-16(14(12)19)9-13(17)18/h1-7H,9H2,(H,17,18). The van der Waals surface area contributed by atoms with Crippen LogP contribution < -0.4 is 5.56 Å². The van der Waals surface area contributed by atoms with Gasteiger partial charge in [-0.05, 0) is 11.6 Å². The molecule has 94 valence electrons. The maximum atomic E-state index is 12.0. The van der Waals surface area contributed by atoms with Crippen LogP contribution in [0.1, 0.15) is 5.56 Å². The smallest absolute Gasteiger partial charge is 0.323 e. The number of nitrogens with zero attached hydrogens (tertiary/aromatic N) is 2. The largest absolute Gasteiger partial charge is 0.480 e. The fourth-order valence-electron chi connectivity index (χ4n) is 1.81. The normalized spacial score (nSPS) is 9.84. The van der Waals surface area contributed by atoms with E-state index in [-0.39, 0.29) is 5.56 Å². The summed E-state index contributed by atoms with van der Waals surface area (Å²) in [5.41, 5.74) is 0.620. The Morgan fingerprint density at radius 2 is 1.95 bits per heavy atom. The van der Waals surface area contributed by atoms with E-state index in [2.05, 4.69) is 0 Å². The van der Waals surface area contributed by atoms with Crippen LogP contribution >= 0.6 is 0 Å². The maximum Gasteiger partial charge on any atom is 0.323 e. The summed E-state index contributed by atoms with van der Waals surface area (Å²) in [6, 6.07) is 12.5. The van der Waals surface area contributed by atoms with Crippen molar-refractivity contribution in [3.8, 4) is 17.2 Å². The molecule has 0 aliphatic rings. The number of benzene rings is 1. The molecule has 1 heterocycles. The van der Waals surface area contributed by atoms with Crippen LogP contribution in [0.3, 0.4) is 0 Å². The van der Waals surface area contributed by atoms with Gasteiger partial charge in [0.15, 0.2) is 0 Å². The van der Waals surface area contributed by atoms with Gasteiger partial charge in [0.1, 0.15) is 18.2 Å². The van der Waals surface area contributed by atoms with Crippen LogP contribution in [-0.2, 0) is 11.3 Å². The summed E-state index contributed by atoms with van der Waals surface area (Å²) in [6.07, 6.45) is 1.39. The molecule has 0 saturated heterocycles. The van der Waals surface area contributed by atoms with Crippen molar-refractivity contribution in [3.63, 3.8) is 0 Å². The van der Waals surface area contributed by atoms with Crippen molar-refractivity contribution < 1.29 is 9.90 Å². The molecule has 0 radical (unpaired) electrons. The molecule has 1 aromatic heterocycles. The van der Waals surface area contributed by atoms with Crippen LogP contribution in [0.4, 0.5) is 0 Å². The summed E-state index contributed by atoms with van der Waals surface area (Å²) in [6.45, 7) is -0.456. The van der Waals surface area contributed by atoms with Gasteiger partial charge in [0, 0.05) is 11.8 Å². The van der Waals surface area contributed by atoms with Gasteiger partial charge in [-0.25, -0.2) is 0 Å². The molecule has 0 spiro atoms. The highest BCUT2D eigenvalue weighted by atomic mass is 16.4. The van der Waals surface area contributed by atoms with Gasteiger partial charge in [-0.2, -0.15) is 5.26 Å². The van der Waals surface area contributed by atoms with Gasteiger partial charge in [-0.1, -0.05) is 30.3 Å². The van der Waals surface area contributed by atoms with Crippen LogP contribution in [0.25, 0.3) is 11.1 Å². The molecule has 0 saturated carbocycles. The fourth-order valence-corrected chi connectivity index (χ4v) is 1.81. The summed E-state index contributed by atoms with van der Waals surface area (Å²) in [5.74, 6) is -1.13. The average Bonchev–Trinajstić information content (AvgIpc) is 2.41. The molecule has 19 heavy (non-hydrogen) atoms. The molecule has 1 aromatic carbocycles. The lowest BCUT2D eigenvalue weighted by Gasteiger charge is -2.07. The quantitative estimate of drug-likeness (QED) is 0.899. The topological polar surface area (TPSA) is 83.1 Å². The summed E-state index contributed by atoms with van der Waals surface area (Å²) in [7, 11) is 0. The SMILES string of the molecule is N#Cc1c(-c2ccccc2)ccn(CC(=O)O)c1=O. The van der Waals surface area contributed by atoms with E-state index < -0.39 is 18.1 Å². The number of aliphatic carboxylic acids is 1. The third-order valence-corrected chi connectivity index (χ3v) is 2.67. The number of carbonyl (C=O) groups is 1. The van der Waals surface area contributed by atoms with Crippen LogP contribution in [0.2, 0.25) is 0 Å². The lowest BCUT2D eigenvalue weighted by molar-refractivity contribution is -0.137. The Balaban J connectivity index is 2.61. The minimum atomic E-state index is -1.13. The summed E-state index contributed by atoms with van der Waals surface area (Å²) in [4.78, 5) is 22.6. The Labute approximate surface area is 109 Å². The van der Waals surface area contributed by atoms with Crippen molar-refractivity contribution in [2.24, 2.45) is 0 Å². The molecular formula is C14H10N2O3. The molecule has 5 heteroatoms. The number of nitriles is 1. The number of aromatic nitrogens is 1. The molecule has 2 rings (SSSR count). The Morgan fingerprint density at radius 1 is 1.26 bits per heavy atom. The molecule has 0 aliphatic carbocycles. The lowest BCUT2D eigenvalue weighted by atomic mass is 10.0. The summed E-state index contributed by atoms with van der Waals surface area (Å²) >= 11 is 0. The molecule has 0 amide bonds. The minimum absolute atomic E-state index is 0.0463. The zero-order valence-corrected chi connectivity index (χ0v) is 9.91. The molecular weight excluding hydrogens is 244 g/mol. The van der Waals surface area contributed by atoms with Crippen molar-refractivity contribution in [1.82, 2.24) is 4.57 Å². The molecule has 0 bridgehead atoms. The number of rotatable bonds is 3. The second kappa shape index (κ2) is 5.19. The molecule has 2 aromatic rings. The maximum absolute atomic E-state index is 12.0. The van der Waals surface area contributed by atoms with Crippen molar-refractivity contribution in [2.75, 3.05) is 0 Å². The first-order valence-corrected chi connectivity index (χ1v) is 5.54. The van der Waals surface area contributed by atoms with Gasteiger partial charge in [0.05, 0.1) is 0 Å². The van der Waals surface area contributed by atoms with E-state index in [0.29, 0.717) is 5.56 Å². The van der Waals surface area contributed by atoms with E-state index >= 15 is 0 Å². The molecule has 0 atom stereocenters. The van der Waals surface area contributed by atoms with Gasteiger partial charge in [-0.3, -0.25) is 9.59 Å². The first-order valence-electron chi connectivity index (χ1n) is 5.54. The molecule has 0 fully saturated rings. The highest BCUT2D eigenvalue weighted by Gasteiger charge is 2.12. The zero-order chi connectivity index (χ0) is 13.8. The second-order valence-corrected chi connectivity index (χ2v) is 3.91. The van der Waals surface area contributed by atoms with Crippen LogP contribution in [0.15, 0.2) is 47.4 Å². The predicted octanol–water partition coefficient (Wildman–Crippen LogP) is 1.47. The Bertz CT molecular complexity index is 712. The highest BCUT2D eigenvalue weighted by molar-refractivity contribution is 5.70. The monoisotopic (exact) mass is 254 g/mol. The van der Waals surface area contributed by atoms with Crippen molar-refractivity contribution >= 4 is 5.97 Å². The molecule has 0 unspecified atom stereocenters. The Hall–Kier alpha value is -2.87. The van der Waals surface area contributed by atoms with Gasteiger partial charge in [0.25, 0.3) is 5.56 Å². The van der Waals surface area contributed by atoms with Gasteiger partial charge in [-0.15, -0.1) is 0 Å². The van der Waals surface area contributed by atoms with Gasteiger partial charge < -0.3 is 9.67 Å². The number of carboxylic acids is 1. The minimum Gasteiger partial charge on any atom is -0.480 e. The van der Waals surface area contributed by atoms with E-state index in [1.54, 1.807) is 30.3 Å². The van der Waals surface area contributed by atoms with Crippen molar-refractivity contribution in [1.29, 1.82) is 5.26 Å². The van der Waals surface area contributed by atoms with E-state index in [1.807, 2.05) is 12.1 Å². The molecule has 5 nitrogen and oxygen atoms in total. The second-order valence-electron chi connectivity index (χ2n) is 3.91. The molecule has 1 N–H and O–H groups in total. The first kappa shape index (κ1) is 12.6. The Kier molecular flexibility index (Phi) is 3.44. The lowest BCUT2D eigenvalue weighted by Crippen LogP contribution is -2.26. The number of hydrogen-bond acceptors (Lipinski definition) is 3. The van der Waals surface area contributed by atoms with Crippen LogP contribution in [-0.4, -0.2) is 15.6 Å². The predicted molar refractivity (Wildman–Crippen MR) is 68.5 cm³/mol. The van der Waals surface area contributed by atoms with Crippen molar-refractivity contribution in [3.05, 3.63) is 58.5 Å². The van der Waals surface area contributed by atoms with Crippen molar-refractivity contribution in [2.45, 2.75) is 6.54 Å². The third kappa shape index (κ3) is 2.53. The Morgan fingerprint density at radius 3 is 2.53 bits per heavy atom. The van der Waals surface area contributed by atoms with E-state index in [4.69, 9.17) is 10.4 Å². The van der Waals surface area contributed by atoms with E-state index in [0.717, 1.165) is 10.1 Å². The zero-order valence-electron chi connectivity index (χ0n) is 9.91. The number of carboxylic acid groups (broad SMARTS) is 1. The van der Waals surface area contributed by atoms with Crippen LogP contribution in [0, 0.1) is 11.3 Å². The number of hydrogen-bond donors (Lipinski definition) is 1. The number of pyridine rings is 1. The van der Waals surface area contributed by atoms with Gasteiger partial charge in [0.2, 0.25) is 0 Å². The van der Waals surface area contributed by atoms with E-state index in [1.165, 1.54) is 6.20 Å². The first-order chi connectivity index (χ1) is 9.13. The summed E-state index contributed by atoms with van der Waals surface area (Å²) in [5, 5.41) is 17.8. The summed E-state index contributed by atoms with van der Waals surface area (Å²) < 4.78 is 1.01.